The summed E-state index contributed by atoms with van der Waals surface area (Å²) >= 11 is 0. The molecule has 22 heavy (non-hydrogen) atoms. The van der Waals surface area contributed by atoms with E-state index in [4.69, 9.17) is 14.2 Å². The second-order valence-corrected chi connectivity index (χ2v) is 6.09. The molecule has 0 saturated heterocycles. The van der Waals surface area contributed by atoms with Gasteiger partial charge in [-0.15, -0.1) is 6.58 Å². The number of hydrogen-bond donors (Lipinski definition) is 1. The van der Waals surface area contributed by atoms with E-state index >= 15 is 0 Å². The van der Waals surface area contributed by atoms with Crippen molar-refractivity contribution in [1.29, 1.82) is 0 Å². The van der Waals surface area contributed by atoms with E-state index in [1.807, 2.05) is 0 Å². The molecule has 0 aromatic carbocycles. The number of carbonyl (C=O) groups excluding carboxylic acids is 3. The van der Waals surface area contributed by atoms with Gasteiger partial charge in [-0.1, -0.05) is 6.08 Å². The average molecular weight is 313 g/mol. The fourth-order valence-electron chi connectivity index (χ4n) is 2.41. The topological polar surface area (TPSA) is 90.9 Å². The highest BCUT2D eigenvalue weighted by molar-refractivity contribution is 5.80. The van der Waals surface area contributed by atoms with Gasteiger partial charge in [0.25, 0.3) is 6.47 Å². The molecule has 0 aliphatic heterocycles. The van der Waals surface area contributed by atoms with E-state index in [1.165, 1.54) is 7.11 Å². The maximum Gasteiger partial charge on any atom is 0.407 e. The Hall–Kier alpha value is -2.05. The molecule has 1 fully saturated rings. The Balaban J connectivity index is 2.77. The van der Waals surface area contributed by atoms with Gasteiger partial charge in [0.15, 0.2) is 0 Å². The zero-order chi connectivity index (χ0) is 16.9. The molecule has 1 saturated carbocycles. The van der Waals surface area contributed by atoms with Crippen LogP contribution in [0.1, 0.15) is 27.2 Å². The molecule has 7 nitrogen and oxygen atoms in total. The summed E-state index contributed by atoms with van der Waals surface area (Å²) in [5.74, 6) is -1.39. The van der Waals surface area contributed by atoms with Gasteiger partial charge in [0.2, 0.25) is 0 Å². The lowest BCUT2D eigenvalue weighted by atomic mass is 10.1. The number of alkyl carbamates (subject to hydrolysis) is 1. The van der Waals surface area contributed by atoms with Gasteiger partial charge >= 0.3 is 12.1 Å². The van der Waals surface area contributed by atoms with Crippen molar-refractivity contribution in [2.45, 2.75) is 44.9 Å². The van der Waals surface area contributed by atoms with Gasteiger partial charge in [0.1, 0.15) is 11.7 Å². The number of carbonyl (C=O) groups is 3. The number of hydrogen-bond acceptors (Lipinski definition) is 6. The highest BCUT2D eigenvalue weighted by Gasteiger charge is 2.61. The normalized spacial score (nSPS) is 24.6. The Morgan fingerprint density at radius 1 is 1.36 bits per heavy atom. The number of nitrogens with one attached hydrogen (secondary N) is 1. The molecule has 0 aromatic heterocycles. The van der Waals surface area contributed by atoms with Crippen LogP contribution in [0.25, 0.3) is 0 Å². The van der Waals surface area contributed by atoms with Crippen molar-refractivity contribution in [3.05, 3.63) is 12.7 Å². The Labute approximate surface area is 130 Å². The Bertz CT molecular complexity index is 432. The Morgan fingerprint density at radius 2 is 2.00 bits per heavy atom. The molecule has 0 spiro atoms. The maximum absolute atomic E-state index is 11.8. The van der Waals surface area contributed by atoms with Crippen LogP contribution in [0.5, 0.6) is 0 Å². The highest BCUT2D eigenvalue weighted by atomic mass is 16.6. The van der Waals surface area contributed by atoms with E-state index in [9.17, 15) is 14.4 Å². The van der Waals surface area contributed by atoms with Crippen LogP contribution in [-0.2, 0) is 23.8 Å². The van der Waals surface area contributed by atoms with Crippen LogP contribution in [0.4, 0.5) is 4.79 Å². The van der Waals surface area contributed by atoms with Gasteiger partial charge in [0.05, 0.1) is 19.1 Å². The standard InChI is InChI=1S/C15H23NO6/c1-6-7-9(21-8-17)10-11(13(18)20-5)12(10)16-14(19)22-15(2,3)4/h6,8-12H,1,7H2,2-5H3,(H,16,19)/t9-,10-,11-,12-/m0/s1. The monoisotopic (exact) mass is 313 g/mol. The lowest BCUT2D eigenvalue weighted by Gasteiger charge is -2.20. The molecule has 1 amide bonds. The summed E-state index contributed by atoms with van der Waals surface area (Å²) in [6.07, 6.45) is 0.797. The summed E-state index contributed by atoms with van der Waals surface area (Å²) in [4.78, 5) is 34.2. The largest absolute Gasteiger partial charge is 0.469 e. The minimum Gasteiger partial charge on any atom is -0.469 e. The third-order valence-electron chi connectivity index (χ3n) is 3.29. The van der Waals surface area contributed by atoms with Gasteiger partial charge in [-0.25, -0.2) is 4.79 Å². The minimum atomic E-state index is -0.644. The molecule has 0 radical (unpaired) electrons. The summed E-state index contributed by atoms with van der Waals surface area (Å²) < 4.78 is 14.9. The van der Waals surface area contributed by atoms with Crippen molar-refractivity contribution in [1.82, 2.24) is 5.32 Å². The van der Waals surface area contributed by atoms with E-state index in [2.05, 4.69) is 11.9 Å². The Morgan fingerprint density at radius 3 is 2.45 bits per heavy atom. The first-order chi connectivity index (χ1) is 10.2. The highest BCUT2D eigenvalue weighted by Crippen LogP contribution is 2.45. The predicted octanol–water partition coefficient (Wildman–Crippen LogP) is 1.42. The van der Waals surface area contributed by atoms with E-state index < -0.39 is 35.7 Å². The van der Waals surface area contributed by atoms with Gasteiger partial charge in [0, 0.05) is 12.3 Å². The van der Waals surface area contributed by atoms with Crippen molar-refractivity contribution >= 4 is 18.5 Å². The first kappa shape index (κ1) is 18.0. The van der Waals surface area contributed by atoms with Crippen LogP contribution < -0.4 is 5.32 Å². The van der Waals surface area contributed by atoms with Crippen LogP contribution in [0.15, 0.2) is 12.7 Å². The molecule has 1 aliphatic carbocycles. The van der Waals surface area contributed by atoms with Crippen LogP contribution in [0.2, 0.25) is 0 Å². The third-order valence-corrected chi connectivity index (χ3v) is 3.29. The van der Waals surface area contributed by atoms with Crippen molar-refractivity contribution in [3.63, 3.8) is 0 Å². The summed E-state index contributed by atoms with van der Waals surface area (Å²) in [6.45, 7) is 9.14. The molecule has 0 aromatic rings. The SMILES string of the molecule is C=CC[C@H](OC=O)[C@@H]1[C@H](NC(=O)OC(C)(C)C)[C@H]1C(=O)OC. The molecule has 1 N–H and O–H groups in total. The van der Waals surface area contributed by atoms with Gasteiger partial charge < -0.3 is 19.5 Å². The molecule has 1 aliphatic rings. The van der Waals surface area contributed by atoms with Crippen molar-refractivity contribution in [2.24, 2.45) is 11.8 Å². The molecule has 1 rings (SSSR count). The Kier molecular flexibility index (Phi) is 5.96. The quantitative estimate of drug-likeness (QED) is 0.331. The zero-order valence-corrected chi connectivity index (χ0v) is 13.3. The molecular weight excluding hydrogens is 290 g/mol. The summed E-state index contributed by atoms with van der Waals surface area (Å²) in [7, 11) is 1.27. The smallest absolute Gasteiger partial charge is 0.407 e. The summed E-state index contributed by atoms with van der Waals surface area (Å²) in [5, 5.41) is 2.63. The molecule has 124 valence electrons. The summed E-state index contributed by atoms with van der Waals surface area (Å²) in [6, 6.07) is -0.493. The van der Waals surface area contributed by atoms with Crippen LogP contribution in [0.3, 0.4) is 0 Å². The first-order valence-corrected chi connectivity index (χ1v) is 7.02. The van der Waals surface area contributed by atoms with Gasteiger partial charge in [-0.05, 0) is 20.8 Å². The fraction of sp³-hybridized carbons (Fsp3) is 0.667. The van der Waals surface area contributed by atoms with Gasteiger partial charge in [-0.2, -0.15) is 0 Å². The van der Waals surface area contributed by atoms with E-state index in [1.54, 1.807) is 26.8 Å². The molecule has 7 heteroatoms. The van der Waals surface area contributed by atoms with Crippen LogP contribution >= 0.6 is 0 Å². The molecule has 0 unspecified atom stereocenters. The lowest BCUT2D eigenvalue weighted by molar-refractivity contribution is -0.144. The maximum atomic E-state index is 11.8. The van der Waals surface area contributed by atoms with E-state index in [-0.39, 0.29) is 5.92 Å². The molecule has 4 atom stereocenters. The number of ether oxygens (including phenoxy) is 3. The van der Waals surface area contributed by atoms with Crippen molar-refractivity contribution in [3.8, 4) is 0 Å². The summed E-state index contributed by atoms with van der Waals surface area (Å²) in [5.41, 5.74) is -0.644. The van der Waals surface area contributed by atoms with Gasteiger partial charge in [-0.3, -0.25) is 9.59 Å². The fourth-order valence-corrected chi connectivity index (χ4v) is 2.41. The molecular formula is C15H23NO6. The molecule has 0 bridgehead atoms. The number of amides is 1. The average Bonchev–Trinajstić information content (AvgIpc) is 3.09. The van der Waals surface area contributed by atoms with Crippen LogP contribution in [-0.4, -0.2) is 43.4 Å². The third kappa shape index (κ3) is 4.75. The first-order valence-electron chi connectivity index (χ1n) is 7.02. The van der Waals surface area contributed by atoms with E-state index in [0.29, 0.717) is 12.9 Å². The van der Waals surface area contributed by atoms with Crippen LogP contribution in [0, 0.1) is 11.8 Å². The zero-order valence-electron chi connectivity index (χ0n) is 13.3. The van der Waals surface area contributed by atoms with Crippen molar-refractivity contribution in [2.75, 3.05) is 7.11 Å². The predicted molar refractivity (Wildman–Crippen MR) is 77.9 cm³/mol. The van der Waals surface area contributed by atoms with E-state index in [0.717, 1.165) is 0 Å². The second kappa shape index (κ2) is 7.29. The van der Waals surface area contributed by atoms with Crippen molar-refractivity contribution < 1.29 is 28.6 Å². The number of esters is 1. The molecule has 0 heterocycles. The lowest BCUT2D eigenvalue weighted by Crippen LogP contribution is -2.36. The second-order valence-electron chi connectivity index (χ2n) is 6.09. The number of methoxy groups -OCH3 is 1. The minimum absolute atomic E-state index is 0.325. The number of rotatable bonds is 7.